The molecule has 18 heteroatoms. The fraction of sp³-hybridized carbons (Fsp3) is 0.500. The van der Waals surface area contributed by atoms with Crippen LogP contribution in [0.3, 0.4) is 0 Å². The predicted molar refractivity (Wildman–Crippen MR) is 84.2 cm³/mol. The first-order valence-electron chi connectivity index (χ1n) is 7.17. The van der Waals surface area contributed by atoms with Gasteiger partial charge < -0.3 is 20.7 Å². The summed E-state index contributed by atoms with van der Waals surface area (Å²) in [4.78, 5) is 11.7. The summed E-state index contributed by atoms with van der Waals surface area (Å²) in [6.45, 7) is -0.893. The van der Waals surface area contributed by atoms with Gasteiger partial charge >= 0.3 is 20.8 Å². The normalized spacial score (nSPS) is 26.1. The van der Waals surface area contributed by atoms with Crippen molar-refractivity contribution in [3.8, 4) is 0 Å². The van der Waals surface area contributed by atoms with Gasteiger partial charge in [-0.3, -0.25) is 9.12 Å². The lowest BCUT2D eigenvalue weighted by molar-refractivity contribution is -0.113. The van der Waals surface area contributed by atoms with Crippen LogP contribution in [0.25, 0.3) is 11.2 Å². The van der Waals surface area contributed by atoms with Gasteiger partial charge in [0.1, 0.15) is 30.2 Å². The minimum Gasteiger partial charge on any atom is -0.387 e. The van der Waals surface area contributed by atoms with E-state index in [-0.39, 0.29) is 17.0 Å². The van der Waals surface area contributed by atoms with Crippen LogP contribution in [-0.2, 0) is 38.4 Å². The molecule has 1 aliphatic heterocycles. The molecule has 2 aromatic rings. The molecular formula is C10H13N5O11S2. The number of anilines is 1. The topological polar surface area (TPSA) is 236 Å². The monoisotopic (exact) mass is 443 g/mol. The molecule has 0 unspecified atom stereocenters. The van der Waals surface area contributed by atoms with E-state index in [0.29, 0.717) is 0 Å². The molecule has 0 aromatic carbocycles. The summed E-state index contributed by atoms with van der Waals surface area (Å²) in [7, 11) is -10.3. The molecule has 4 atom stereocenters. The maximum absolute atomic E-state index is 11.4. The minimum atomic E-state index is -5.21. The highest BCUT2D eigenvalue weighted by atomic mass is 32.3. The van der Waals surface area contributed by atoms with Crippen molar-refractivity contribution >= 4 is 37.8 Å². The second-order valence-corrected chi connectivity index (χ2v) is 7.57. The highest BCUT2D eigenvalue weighted by Crippen LogP contribution is 2.32. The molecular weight excluding hydrogens is 430 g/mol. The summed E-state index contributed by atoms with van der Waals surface area (Å²) >= 11 is 0. The fourth-order valence-electron chi connectivity index (χ4n) is 2.39. The van der Waals surface area contributed by atoms with E-state index in [1.807, 2.05) is 0 Å². The summed E-state index contributed by atoms with van der Waals surface area (Å²) in [5, 5.41) is 20.3. The third kappa shape index (κ3) is 4.34. The Morgan fingerprint density at radius 1 is 1.14 bits per heavy atom. The van der Waals surface area contributed by atoms with Crippen molar-refractivity contribution in [2.75, 3.05) is 12.3 Å². The van der Waals surface area contributed by atoms with Crippen molar-refractivity contribution in [2.45, 2.75) is 24.5 Å². The predicted octanol–water partition coefficient (Wildman–Crippen LogP) is -2.96. The largest absolute Gasteiger partial charge is 0.427 e. The summed E-state index contributed by atoms with van der Waals surface area (Å²) in [5.74, 6) is 0.0683. The molecule has 1 fully saturated rings. The minimum absolute atomic E-state index is 0.0683. The molecule has 156 valence electrons. The molecule has 3 heterocycles. The Bertz CT molecular complexity index is 1070. The molecule has 0 amide bonds. The second-order valence-electron chi connectivity index (χ2n) is 5.39. The number of ether oxygens (including phenoxy) is 1. The Balaban J connectivity index is 1.71. The Kier molecular flexibility index (Phi) is 5.49. The quantitative estimate of drug-likeness (QED) is 0.190. The maximum Gasteiger partial charge on any atom is 0.427 e. The molecule has 0 bridgehead atoms. The molecule has 0 radical (unpaired) electrons. The Hall–Kier alpha value is -2.03. The zero-order valence-corrected chi connectivity index (χ0v) is 15.1. The van der Waals surface area contributed by atoms with Gasteiger partial charge in [-0.1, -0.05) is 8.67 Å². The van der Waals surface area contributed by atoms with E-state index >= 15 is 0 Å². The van der Waals surface area contributed by atoms with E-state index in [9.17, 15) is 27.0 Å². The number of aromatic nitrogens is 4. The number of fused-ring (bicyclic) bond motifs is 1. The molecule has 0 saturated carbocycles. The second kappa shape index (κ2) is 7.42. The number of nitrogen functional groups attached to an aromatic ring is 1. The van der Waals surface area contributed by atoms with Gasteiger partial charge in [0.05, 0.1) is 12.9 Å². The molecule has 16 nitrogen and oxygen atoms in total. The Labute approximate surface area is 156 Å². The van der Waals surface area contributed by atoms with Gasteiger partial charge in [-0.15, -0.1) is 0 Å². The van der Waals surface area contributed by atoms with Crippen molar-refractivity contribution < 1.29 is 49.2 Å². The van der Waals surface area contributed by atoms with Crippen molar-refractivity contribution in [3.05, 3.63) is 12.7 Å². The number of hydrogen-bond acceptors (Lipinski definition) is 14. The number of aliphatic hydroxyl groups is 2. The number of aliphatic hydroxyl groups excluding tert-OH is 2. The van der Waals surface area contributed by atoms with Crippen molar-refractivity contribution in [1.29, 1.82) is 0 Å². The van der Waals surface area contributed by atoms with Gasteiger partial charge in [0, 0.05) is 0 Å². The maximum atomic E-state index is 11.4. The van der Waals surface area contributed by atoms with Gasteiger partial charge in [-0.25, -0.2) is 19.1 Å². The molecule has 1 saturated heterocycles. The van der Waals surface area contributed by atoms with Crippen molar-refractivity contribution in [1.82, 2.24) is 19.5 Å². The number of nitrogens with two attached hydrogens (primary N) is 1. The van der Waals surface area contributed by atoms with E-state index in [1.54, 1.807) is 0 Å². The summed E-state index contributed by atoms with van der Waals surface area (Å²) < 4.78 is 69.2. The molecule has 5 N–H and O–H groups in total. The van der Waals surface area contributed by atoms with E-state index in [4.69, 9.17) is 15.0 Å². The first kappa shape index (κ1) is 20.7. The molecule has 0 spiro atoms. The summed E-state index contributed by atoms with van der Waals surface area (Å²) in [6, 6.07) is 0. The van der Waals surface area contributed by atoms with Gasteiger partial charge in [0.15, 0.2) is 17.7 Å². The standard InChI is InChI=1S/C10H13N5O11S2/c11-8-5-9(13-2-12-8)15(3-14-5)10-7(17)6(16)4(24-10)1-23-28(21,22)26-25-27(18,19)20/h2-4,6-7,10,16-17H,1H2,(H2,11,12,13)(H,18,19,20)/t4-,6-,7-,10-/m1/s1. The Morgan fingerprint density at radius 3 is 2.54 bits per heavy atom. The van der Waals surface area contributed by atoms with Gasteiger partial charge in [0.2, 0.25) is 0 Å². The SMILES string of the molecule is Nc1ncnc2c1ncn2[C@@H]1O[C@H](COS(=O)(=O)OOS(=O)(=O)O)[C@@H](O)[C@H]1O. The average Bonchev–Trinajstić information content (AvgIpc) is 3.15. The number of imidazole rings is 1. The van der Waals surface area contributed by atoms with Crippen LogP contribution in [0.5, 0.6) is 0 Å². The average molecular weight is 443 g/mol. The summed E-state index contributed by atoms with van der Waals surface area (Å²) in [6.07, 6.45) is -3.41. The van der Waals surface area contributed by atoms with Crippen molar-refractivity contribution in [3.63, 3.8) is 0 Å². The van der Waals surface area contributed by atoms with E-state index in [1.165, 1.54) is 10.9 Å². The van der Waals surface area contributed by atoms with E-state index in [2.05, 4.69) is 27.8 Å². The lowest BCUT2D eigenvalue weighted by Gasteiger charge is -2.16. The van der Waals surface area contributed by atoms with Crippen LogP contribution in [0.1, 0.15) is 6.23 Å². The first-order chi connectivity index (χ1) is 13.0. The van der Waals surface area contributed by atoms with Crippen LogP contribution in [-0.4, -0.2) is 76.0 Å². The van der Waals surface area contributed by atoms with E-state index < -0.39 is 51.9 Å². The number of rotatable bonds is 7. The van der Waals surface area contributed by atoms with Crippen LogP contribution in [0.2, 0.25) is 0 Å². The lowest BCUT2D eigenvalue weighted by atomic mass is 10.1. The zero-order chi connectivity index (χ0) is 20.7. The summed E-state index contributed by atoms with van der Waals surface area (Å²) in [5.41, 5.74) is 6.06. The highest BCUT2D eigenvalue weighted by Gasteiger charge is 2.45. The third-order valence-electron chi connectivity index (χ3n) is 3.57. The van der Waals surface area contributed by atoms with Crippen LogP contribution >= 0.6 is 0 Å². The zero-order valence-electron chi connectivity index (χ0n) is 13.5. The van der Waals surface area contributed by atoms with Gasteiger partial charge in [0.25, 0.3) is 0 Å². The Morgan fingerprint density at radius 2 is 1.86 bits per heavy atom. The van der Waals surface area contributed by atoms with Crippen LogP contribution in [0.15, 0.2) is 12.7 Å². The van der Waals surface area contributed by atoms with E-state index in [0.717, 1.165) is 6.33 Å². The lowest BCUT2D eigenvalue weighted by Crippen LogP contribution is -2.34. The molecule has 3 rings (SSSR count). The van der Waals surface area contributed by atoms with Crippen LogP contribution in [0, 0.1) is 0 Å². The molecule has 1 aliphatic rings. The molecule has 0 aliphatic carbocycles. The first-order valence-corrected chi connectivity index (χ1v) is 9.87. The van der Waals surface area contributed by atoms with Gasteiger partial charge in [-0.05, 0) is 0 Å². The third-order valence-corrected chi connectivity index (χ3v) is 4.56. The highest BCUT2D eigenvalue weighted by molar-refractivity contribution is 7.83. The molecule has 28 heavy (non-hydrogen) atoms. The van der Waals surface area contributed by atoms with Crippen LogP contribution in [0.4, 0.5) is 5.82 Å². The van der Waals surface area contributed by atoms with Crippen molar-refractivity contribution in [2.24, 2.45) is 0 Å². The van der Waals surface area contributed by atoms with Crippen LogP contribution < -0.4 is 5.73 Å². The molecule has 2 aromatic heterocycles. The smallest absolute Gasteiger partial charge is 0.387 e. The number of nitrogens with zero attached hydrogens (tertiary/aromatic N) is 4. The van der Waals surface area contributed by atoms with Gasteiger partial charge in [-0.2, -0.15) is 16.8 Å². The number of hydrogen-bond donors (Lipinski definition) is 4. The fourth-order valence-corrected chi connectivity index (χ4v) is 3.29.